The number of hydrogen-bond acceptors (Lipinski definition) is 12. The minimum absolute atomic E-state index is 0.0202. The van der Waals surface area contributed by atoms with Gasteiger partial charge in [-0.15, -0.1) is 5.06 Å². The number of ether oxygens (including phenoxy) is 1. The number of amides is 4. The highest BCUT2D eigenvalue weighted by Crippen LogP contribution is 2.34. The number of hydroxylamine groups is 2. The molecule has 0 aromatic heterocycles. The van der Waals surface area contributed by atoms with Gasteiger partial charge in [0.2, 0.25) is 0 Å². The smallest absolute Gasteiger partial charge is 0.333 e. The highest BCUT2D eigenvalue weighted by molar-refractivity contribution is 8.76. The molecule has 4 amide bonds. The largest absolute Gasteiger partial charge is 0.463 e. The van der Waals surface area contributed by atoms with Crippen molar-refractivity contribution in [3.8, 4) is 0 Å². The lowest BCUT2D eigenvalue weighted by Crippen LogP contribution is -2.61. The molecule has 3 aliphatic rings. The number of carbonyl (C=O) groups excluding carboxylic acids is 6. The van der Waals surface area contributed by atoms with Crippen LogP contribution in [0, 0.1) is 5.92 Å². The van der Waals surface area contributed by atoms with E-state index in [9.17, 15) is 39.0 Å². The van der Waals surface area contributed by atoms with Gasteiger partial charge in [-0.2, -0.15) is 0 Å². The standard InChI is InChI=1S/C26H39N3O10S2/c1-3-5-15(26(37)38-14-16-13-18(30)22(34)23-27-24(35)25(36)28(16)23)11-12-40-41-17(6-4-2)7-10-21(33)39-29-19(31)8-9-20(29)32/h15-18,22-23,30,34H,3-14H2,1-2H3,(H,27,35)/t15?,16-,17?,18-,22-,23-/m0/s1. The van der Waals surface area contributed by atoms with Gasteiger partial charge in [-0.05, 0) is 32.1 Å². The summed E-state index contributed by atoms with van der Waals surface area (Å²) < 4.78 is 5.54. The van der Waals surface area contributed by atoms with E-state index in [0.29, 0.717) is 30.1 Å². The molecule has 3 saturated heterocycles. The van der Waals surface area contributed by atoms with Gasteiger partial charge in [-0.1, -0.05) is 48.3 Å². The molecule has 3 heterocycles. The number of nitrogens with one attached hydrogen (secondary N) is 1. The van der Waals surface area contributed by atoms with Crippen molar-refractivity contribution in [1.29, 1.82) is 0 Å². The number of hydrogen-bond donors (Lipinski definition) is 3. The molecule has 2 unspecified atom stereocenters. The second kappa shape index (κ2) is 15.8. The molecule has 13 nitrogen and oxygen atoms in total. The molecular formula is C26H39N3O10S2. The number of esters is 1. The summed E-state index contributed by atoms with van der Waals surface area (Å²) in [4.78, 5) is 78.5. The van der Waals surface area contributed by atoms with Crippen molar-refractivity contribution in [2.75, 3.05) is 12.4 Å². The SMILES string of the molecule is CCCC(CCC(=O)ON1C(=O)CCC1=O)SSCCC(CCC)C(=O)OC[C@@H]1C[C@H](O)[C@H](O)[C@H]2NC(=O)C(=O)N12. The first-order chi connectivity index (χ1) is 19.6. The van der Waals surface area contributed by atoms with E-state index in [2.05, 4.69) is 5.32 Å². The van der Waals surface area contributed by atoms with Crippen molar-refractivity contribution >= 4 is 57.2 Å². The molecule has 6 atom stereocenters. The highest BCUT2D eigenvalue weighted by Gasteiger charge is 2.51. The Hall–Kier alpha value is -2.36. The fourth-order valence-electron chi connectivity index (χ4n) is 5.05. The van der Waals surface area contributed by atoms with Crippen LogP contribution in [0.3, 0.4) is 0 Å². The molecular weight excluding hydrogens is 578 g/mol. The summed E-state index contributed by atoms with van der Waals surface area (Å²) in [5, 5.41) is 23.4. The Balaban J connectivity index is 1.42. The lowest BCUT2D eigenvalue weighted by molar-refractivity contribution is -0.197. The van der Waals surface area contributed by atoms with Crippen molar-refractivity contribution in [3.05, 3.63) is 0 Å². The van der Waals surface area contributed by atoms with Crippen molar-refractivity contribution in [3.63, 3.8) is 0 Å². The minimum atomic E-state index is -1.32. The summed E-state index contributed by atoms with van der Waals surface area (Å²) in [5.74, 6) is -3.45. The monoisotopic (exact) mass is 617 g/mol. The maximum Gasteiger partial charge on any atom is 0.333 e. The van der Waals surface area contributed by atoms with Crippen LogP contribution < -0.4 is 5.32 Å². The van der Waals surface area contributed by atoms with Gasteiger partial charge in [0.15, 0.2) is 0 Å². The number of aliphatic hydroxyl groups is 2. The first-order valence-corrected chi connectivity index (χ1v) is 16.5. The maximum atomic E-state index is 12.9. The van der Waals surface area contributed by atoms with E-state index in [1.54, 1.807) is 21.6 Å². The fraction of sp³-hybridized carbons (Fsp3) is 0.769. The average molecular weight is 618 g/mol. The second-order valence-corrected chi connectivity index (χ2v) is 13.2. The number of imide groups is 1. The number of nitrogens with zero attached hydrogens (tertiary/aromatic N) is 2. The molecule has 0 bridgehead atoms. The molecule has 3 fully saturated rings. The lowest BCUT2D eigenvalue weighted by atomic mass is 9.95. The van der Waals surface area contributed by atoms with Crippen LogP contribution in [-0.2, 0) is 38.3 Å². The van der Waals surface area contributed by atoms with E-state index < -0.39 is 60.0 Å². The van der Waals surface area contributed by atoms with Crippen LogP contribution in [0.2, 0.25) is 0 Å². The Morgan fingerprint density at radius 2 is 1.71 bits per heavy atom. The number of rotatable bonds is 16. The Morgan fingerprint density at radius 3 is 2.37 bits per heavy atom. The number of piperidine rings is 1. The van der Waals surface area contributed by atoms with Gasteiger partial charge >= 0.3 is 23.8 Å². The second-order valence-electron chi connectivity index (χ2n) is 10.4. The van der Waals surface area contributed by atoms with Crippen LogP contribution >= 0.6 is 21.6 Å². The van der Waals surface area contributed by atoms with Crippen LogP contribution in [-0.4, -0.2) is 97.8 Å². The zero-order chi connectivity index (χ0) is 30.1. The van der Waals surface area contributed by atoms with Crippen LogP contribution in [0.5, 0.6) is 0 Å². The van der Waals surface area contributed by atoms with Gasteiger partial charge in [0, 0.05) is 30.3 Å². The third kappa shape index (κ3) is 8.82. The molecule has 3 N–H and O–H groups in total. The fourth-order valence-corrected chi connectivity index (χ4v) is 8.00. The predicted octanol–water partition coefficient (Wildman–Crippen LogP) is 1.05. The third-order valence-corrected chi connectivity index (χ3v) is 10.3. The van der Waals surface area contributed by atoms with E-state index in [1.807, 2.05) is 13.8 Å². The minimum Gasteiger partial charge on any atom is -0.463 e. The topological polar surface area (TPSA) is 180 Å². The molecule has 0 spiro atoms. The molecule has 0 aromatic rings. The summed E-state index contributed by atoms with van der Waals surface area (Å²) in [7, 11) is 3.22. The van der Waals surface area contributed by atoms with E-state index in [4.69, 9.17) is 9.57 Å². The molecule has 230 valence electrons. The first kappa shape index (κ1) is 33.1. The van der Waals surface area contributed by atoms with E-state index in [0.717, 1.165) is 24.2 Å². The molecule has 0 aliphatic carbocycles. The van der Waals surface area contributed by atoms with Crippen molar-refractivity contribution < 1.29 is 48.6 Å². The lowest BCUT2D eigenvalue weighted by Gasteiger charge is -2.41. The Labute approximate surface area is 246 Å². The van der Waals surface area contributed by atoms with Gasteiger partial charge in [-0.25, -0.2) is 4.79 Å². The van der Waals surface area contributed by atoms with Crippen molar-refractivity contribution in [2.45, 2.75) is 108 Å². The Bertz CT molecular complexity index is 983. The van der Waals surface area contributed by atoms with Gasteiger partial charge in [0.25, 0.3) is 11.8 Å². The third-order valence-electron chi connectivity index (χ3n) is 7.25. The Morgan fingerprint density at radius 1 is 1.02 bits per heavy atom. The molecule has 41 heavy (non-hydrogen) atoms. The number of aliphatic hydroxyl groups excluding tert-OH is 2. The molecule has 0 saturated carbocycles. The summed E-state index contributed by atoms with van der Waals surface area (Å²) in [6.07, 6.45) is 0.848. The first-order valence-electron chi connectivity index (χ1n) is 14.1. The molecule has 3 aliphatic heterocycles. The van der Waals surface area contributed by atoms with E-state index >= 15 is 0 Å². The van der Waals surface area contributed by atoms with Gasteiger partial charge in [0.1, 0.15) is 18.9 Å². The van der Waals surface area contributed by atoms with E-state index in [-0.39, 0.29) is 43.5 Å². The summed E-state index contributed by atoms with van der Waals surface area (Å²) in [6, 6.07) is -0.732. The quantitative estimate of drug-likeness (QED) is 0.0738. The average Bonchev–Trinajstić information content (AvgIpc) is 3.42. The van der Waals surface area contributed by atoms with Crippen molar-refractivity contribution in [2.24, 2.45) is 5.92 Å². The van der Waals surface area contributed by atoms with Crippen LogP contribution in [0.1, 0.15) is 78.1 Å². The van der Waals surface area contributed by atoms with Crippen LogP contribution in [0.25, 0.3) is 0 Å². The zero-order valence-corrected chi connectivity index (χ0v) is 25.0. The van der Waals surface area contributed by atoms with Gasteiger partial charge in [-0.3, -0.25) is 24.0 Å². The van der Waals surface area contributed by atoms with Gasteiger partial charge < -0.3 is 30.0 Å². The maximum absolute atomic E-state index is 12.9. The summed E-state index contributed by atoms with van der Waals surface area (Å²) in [5.41, 5.74) is 0. The van der Waals surface area contributed by atoms with Crippen LogP contribution in [0.15, 0.2) is 0 Å². The van der Waals surface area contributed by atoms with Crippen LogP contribution in [0.4, 0.5) is 0 Å². The zero-order valence-electron chi connectivity index (χ0n) is 23.3. The predicted molar refractivity (Wildman–Crippen MR) is 148 cm³/mol. The van der Waals surface area contributed by atoms with Crippen molar-refractivity contribution in [1.82, 2.24) is 15.3 Å². The summed E-state index contributed by atoms with van der Waals surface area (Å²) >= 11 is 0. The molecule has 15 heteroatoms. The van der Waals surface area contributed by atoms with E-state index in [1.165, 1.54) is 0 Å². The number of carbonyl (C=O) groups is 6. The normalized spacial score (nSPS) is 25.7. The van der Waals surface area contributed by atoms with Gasteiger partial charge in [0.05, 0.1) is 18.1 Å². The molecule has 0 aromatic carbocycles. The Kier molecular flexibility index (Phi) is 12.7. The summed E-state index contributed by atoms with van der Waals surface area (Å²) in [6.45, 7) is 3.82. The molecule has 0 radical (unpaired) electrons. The highest BCUT2D eigenvalue weighted by atomic mass is 33.1. The number of fused-ring (bicyclic) bond motifs is 1. The molecule has 3 rings (SSSR count).